The molecular formula is C30H56N4O2. The van der Waals surface area contributed by atoms with Crippen LogP contribution in [0.3, 0.4) is 0 Å². The zero-order valence-electron chi connectivity index (χ0n) is 23.6. The lowest BCUT2D eigenvalue weighted by molar-refractivity contribution is -0.0480. The maximum absolute atomic E-state index is 10.9. The minimum atomic E-state index is -0.639. The van der Waals surface area contributed by atoms with Gasteiger partial charge in [-0.2, -0.15) is 0 Å². The number of aliphatic hydroxyl groups is 1. The lowest BCUT2D eigenvalue weighted by Crippen LogP contribution is -2.56. The summed E-state index contributed by atoms with van der Waals surface area (Å²) in [5.41, 5.74) is 3.34. The molecule has 208 valence electrons. The molecule has 0 spiro atoms. The van der Waals surface area contributed by atoms with Crippen LogP contribution in [0.4, 0.5) is 0 Å². The zero-order chi connectivity index (χ0) is 25.1. The van der Waals surface area contributed by atoms with Crippen molar-refractivity contribution in [2.24, 2.45) is 17.8 Å². The molecule has 2 saturated carbocycles. The van der Waals surface area contributed by atoms with Crippen molar-refractivity contribution in [3.05, 3.63) is 0 Å². The molecule has 0 radical (unpaired) electrons. The number of hydrogen-bond donors (Lipinski definition) is 3. The summed E-state index contributed by atoms with van der Waals surface area (Å²) >= 11 is 0. The first-order valence-corrected chi connectivity index (χ1v) is 15.7. The maximum atomic E-state index is 10.9. The summed E-state index contributed by atoms with van der Waals surface area (Å²) in [6.45, 7) is 8.71. The monoisotopic (exact) mass is 504 g/mol. The van der Waals surface area contributed by atoms with E-state index in [1.165, 1.54) is 103 Å². The molecule has 3 N–H and O–H groups in total. The second-order valence-electron chi connectivity index (χ2n) is 13.6. The van der Waals surface area contributed by atoms with Crippen LogP contribution in [0.25, 0.3) is 0 Å². The summed E-state index contributed by atoms with van der Waals surface area (Å²) < 4.78 is 6.14. The number of fused-ring (bicyclic) bond motifs is 1. The molecule has 5 rings (SSSR count). The zero-order valence-corrected chi connectivity index (χ0v) is 23.6. The first-order valence-electron chi connectivity index (χ1n) is 15.7. The number of rotatable bonds is 7. The molecule has 2 aliphatic carbocycles. The van der Waals surface area contributed by atoms with E-state index < -0.39 is 5.60 Å². The molecule has 36 heavy (non-hydrogen) atoms. The fourth-order valence-corrected chi connectivity index (χ4v) is 8.91. The number of likely N-dealkylation sites (tertiary alicyclic amines) is 1. The number of methoxy groups -OCH3 is 1. The number of hydrazine groups is 1. The predicted octanol–water partition coefficient (Wildman–Crippen LogP) is 4.32. The Hall–Kier alpha value is -0.240. The van der Waals surface area contributed by atoms with Crippen LogP contribution < -0.4 is 10.7 Å². The fourth-order valence-electron chi connectivity index (χ4n) is 8.91. The molecule has 5 aliphatic rings. The Bertz CT molecular complexity index is 678. The Kier molecular flexibility index (Phi) is 9.34. The first-order chi connectivity index (χ1) is 17.4. The Morgan fingerprint density at radius 1 is 0.861 bits per heavy atom. The molecule has 0 bridgehead atoms. The summed E-state index contributed by atoms with van der Waals surface area (Å²) in [5, 5.41) is 17.5. The average Bonchev–Trinajstić information content (AvgIpc) is 3.25. The highest BCUT2D eigenvalue weighted by atomic mass is 16.5. The van der Waals surface area contributed by atoms with Crippen molar-refractivity contribution in [1.82, 2.24) is 20.7 Å². The van der Waals surface area contributed by atoms with E-state index in [0.717, 1.165) is 24.8 Å². The van der Waals surface area contributed by atoms with Gasteiger partial charge in [0.2, 0.25) is 0 Å². The van der Waals surface area contributed by atoms with Crippen molar-refractivity contribution >= 4 is 0 Å². The Morgan fingerprint density at radius 2 is 1.67 bits per heavy atom. The normalized spacial score (nSPS) is 39.0. The first kappa shape index (κ1) is 27.3. The number of nitrogens with zero attached hydrogens (tertiary/aromatic N) is 2. The van der Waals surface area contributed by atoms with E-state index >= 15 is 0 Å². The van der Waals surface area contributed by atoms with E-state index in [0.29, 0.717) is 36.2 Å². The molecule has 0 aromatic heterocycles. The summed E-state index contributed by atoms with van der Waals surface area (Å²) in [5.74, 6) is 2.26. The SMILES string of the molecule is COC1CCC2CCCNC2C1C1CCCN(C(CC(C)(C)O)C2CCN(C3CCCCC3)N2)CC1. The van der Waals surface area contributed by atoms with E-state index in [-0.39, 0.29) is 0 Å². The van der Waals surface area contributed by atoms with Crippen LogP contribution in [0, 0.1) is 17.8 Å². The third-order valence-electron chi connectivity index (χ3n) is 10.6. The quantitative estimate of drug-likeness (QED) is 0.480. The standard InChI is InChI=1S/C30H56N4O2/c1-30(2,35)21-26(25-16-20-34(32-25)24-11-5-4-6-12-24)33-18-8-10-22(15-19-33)28-27(36-3)14-13-23-9-7-17-31-29(23)28/h22-29,31-32,35H,4-21H2,1-3H3. The van der Waals surface area contributed by atoms with E-state index in [2.05, 4.69) is 20.7 Å². The van der Waals surface area contributed by atoms with Gasteiger partial charge in [0.15, 0.2) is 0 Å². The molecule has 5 fully saturated rings. The Labute approximate surface area is 221 Å². The second kappa shape index (κ2) is 12.3. The number of nitrogens with one attached hydrogen (secondary N) is 2. The van der Waals surface area contributed by atoms with Crippen LogP contribution in [0.1, 0.15) is 104 Å². The maximum Gasteiger partial charge on any atom is 0.0617 e. The van der Waals surface area contributed by atoms with Crippen molar-refractivity contribution in [1.29, 1.82) is 0 Å². The smallest absolute Gasteiger partial charge is 0.0617 e. The second-order valence-corrected chi connectivity index (χ2v) is 13.6. The van der Waals surface area contributed by atoms with Crippen molar-refractivity contribution in [3.63, 3.8) is 0 Å². The molecule has 3 heterocycles. The van der Waals surface area contributed by atoms with Crippen LogP contribution in [0.15, 0.2) is 0 Å². The van der Waals surface area contributed by atoms with E-state index in [9.17, 15) is 5.11 Å². The Morgan fingerprint density at radius 3 is 2.44 bits per heavy atom. The van der Waals surface area contributed by atoms with E-state index in [1.54, 1.807) is 0 Å². The average molecular weight is 505 g/mol. The highest BCUT2D eigenvalue weighted by molar-refractivity contribution is 4.99. The van der Waals surface area contributed by atoms with Gasteiger partial charge in [0.05, 0.1) is 11.7 Å². The van der Waals surface area contributed by atoms with Gasteiger partial charge >= 0.3 is 0 Å². The number of piperidine rings is 1. The molecule has 6 nitrogen and oxygen atoms in total. The number of hydrogen-bond acceptors (Lipinski definition) is 6. The van der Waals surface area contributed by atoms with Crippen molar-refractivity contribution in [3.8, 4) is 0 Å². The van der Waals surface area contributed by atoms with Crippen LogP contribution in [-0.4, -0.2) is 84.2 Å². The molecule has 0 aromatic carbocycles. The van der Waals surface area contributed by atoms with Gasteiger partial charge in [-0.25, -0.2) is 5.01 Å². The third kappa shape index (κ3) is 6.48. The molecule has 0 amide bonds. The molecule has 7 unspecified atom stereocenters. The molecule has 3 saturated heterocycles. The molecule has 3 aliphatic heterocycles. The molecular weight excluding hydrogens is 448 g/mol. The van der Waals surface area contributed by atoms with Crippen molar-refractivity contribution < 1.29 is 9.84 Å². The van der Waals surface area contributed by atoms with Gasteiger partial charge in [-0.15, -0.1) is 0 Å². The van der Waals surface area contributed by atoms with E-state index in [4.69, 9.17) is 4.74 Å². The third-order valence-corrected chi connectivity index (χ3v) is 10.6. The van der Waals surface area contributed by atoms with Crippen LogP contribution in [0.2, 0.25) is 0 Å². The topological polar surface area (TPSA) is 60.0 Å². The lowest BCUT2D eigenvalue weighted by atomic mass is 9.65. The van der Waals surface area contributed by atoms with E-state index in [1.807, 2.05) is 21.0 Å². The summed E-state index contributed by atoms with van der Waals surface area (Å²) in [4.78, 5) is 2.77. The van der Waals surface area contributed by atoms with Crippen LogP contribution in [-0.2, 0) is 4.74 Å². The van der Waals surface area contributed by atoms with Gasteiger partial charge in [-0.05, 0) is 116 Å². The number of ether oxygens (including phenoxy) is 1. The fraction of sp³-hybridized carbons (Fsp3) is 1.00. The Balaban J connectivity index is 1.25. The van der Waals surface area contributed by atoms with Gasteiger partial charge in [0.1, 0.15) is 0 Å². The summed E-state index contributed by atoms with van der Waals surface area (Å²) in [6.07, 6.45) is 18.6. The predicted molar refractivity (Wildman–Crippen MR) is 147 cm³/mol. The van der Waals surface area contributed by atoms with Gasteiger partial charge in [-0.3, -0.25) is 10.3 Å². The molecule has 6 heteroatoms. The highest BCUT2D eigenvalue weighted by Gasteiger charge is 2.45. The molecule has 0 aromatic rings. The lowest BCUT2D eigenvalue weighted by Gasteiger charge is -2.48. The van der Waals surface area contributed by atoms with Crippen molar-refractivity contribution in [2.45, 2.75) is 140 Å². The minimum Gasteiger partial charge on any atom is -0.390 e. The minimum absolute atomic E-state index is 0.405. The molecule has 7 atom stereocenters. The highest BCUT2D eigenvalue weighted by Crippen LogP contribution is 2.43. The summed E-state index contributed by atoms with van der Waals surface area (Å²) in [6, 6.07) is 2.23. The van der Waals surface area contributed by atoms with Gasteiger partial charge in [0, 0.05) is 43.7 Å². The van der Waals surface area contributed by atoms with Crippen molar-refractivity contribution in [2.75, 3.05) is 33.3 Å². The largest absolute Gasteiger partial charge is 0.390 e. The van der Waals surface area contributed by atoms with Crippen LogP contribution in [0.5, 0.6) is 0 Å². The van der Waals surface area contributed by atoms with Gasteiger partial charge in [0.25, 0.3) is 0 Å². The van der Waals surface area contributed by atoms with Gasteiger partial charge < -0.3 is 15.2 Å². The van der Waals surface area contributed by atoms with Crippen LogP contribution >= 0.6 is 0 Å². The van der Waals surface area contributed by atoms with Gasteiger partial charge in [-0.1, -0.05) is 19.3 Å². The summed E-state index contributed by atoms with van der Waals surface area (Å²) in [7, 11) is 1.95.